The van der Waals surface area contributed by atoms with Gasteiger partial charge in [0, 0.05) is 14.6 Å². The summed E-state index contributed by atoms with van der Waals surface area (Å²) in [5.74, 6) is -1.88. The molecule has 0 aliphatic carbocycles. The first-order chi connectivity index (χ1) is 11.3. The van der Waals surface area contributed by atoms with Crippen LogP contribution in [0.1, 0.15) is 15.9 Å². The number of nitrogens with two attached hydrogens (primary N) is 1. The molecule has 0 fully saturated rings. The Morgan fingerprint density at radius 3 is 2.42 bits per heavy atom. The number of ether oxygens (including phenoxy) is 1. The van der Waals surface area contributed by atoms with Crippen molar-refractivity contribution < 1.29 is 18.7 Å². The number of nitrogen functional groups attached to an aromatic ring is 1. The van der Waals surface area contributed by atoms with E-state index in [4.69, 9.17) is 10.5 Å². The predicted molar refractivity (Wildman–Crippen MR) is 96.3 cm³/mol. The molecule has 126 valence electrons. The number of nitrogens with one attached hydrogen (secondary N) is 1. The van der Waals surface area contributed by atoms with Crippen LogP contribution in [-0.2, 0) is 9.53 Å². The Labute approximate surface area is 154 Å². The number of halogens is 3. The molecule has 2 aromatic rings. The molecule has 2 rings (SSSR count). The molecule has 0 aliphatic rings. The summed E-state index contributed by atoms with van der Waals surface area (Å²) in [6.07, 6.45) is 0. The lowest BCUT2D eigenvalue weighted by Gasteiger charge is -2.11. The highest BCUT2D eigenvalue weighted by molar-refractivity contribution is 9.11. The van der Waals surface area contributed by atoms with Gasteiger partial charge in [-0.3, -0.25) is 4.79 Å². The van der Waals surface area contributed by atoms with Crippen LogP contribution < -0.4 is 11.1 Å². The molecule has 0 aliphatic heterocycles. The van der Waals surface area contributed by atoms with Crippen LogP contribution in [0.2, 0.25) is 0 Å². The fourth-order valence-electron chi connectivity index (χ4n) is 1.92. The smallest absolute Gasteiger partial charge is 0.340 e. The third-order valence-electron chi connectivity index (χ3n) is 3.02. The minimum Gasteiger partial charge on any atom is -0.452 e. The lowest BCUT2D eigenvalue weighted by molar-refractivity contribution is -0.119. The third-order valence-corrected chi connectivity index (χ3v) is 4.27. The Morgan fingerprint density at radius 2 is 1.83 bits per heavy atom. The van der Waals surface area contributed by atoms with Crippen molar-refractivity contribution in [2.45, 2.75) is 6.92 Å². The third kappa shape index (κ3) is 4.55. The number of hydrogen-bond acceptors (Lipinski definition) is 4. The number of anilines is 2. The summed E-state index contributed by atoms with van der Waals surface area (Å²) >= 11 is 6.71. The van der Waals surface area contributed by atoms with Crippen LogP contribution >= 0.6 is 31.9 Å². The second-order valence-corrected chi connectivity index (χ2v) is 6.67. The number of aryl methyl sites for hydroxylation is 1. The molecule has 0 heterocycles. The maximum atomic E-state index is 13.0. The maximum Gasteiger partial charge on any atom is 0.340 e. The summed E-state index contributed by atoms with van der Waals surface area (Å²) in [5.41, 5.74) is 7.04. The van der Waals surface area contributed by atoms with E-state index in [-0.39, 0.29) is 11.3 Å². The molecular formula is C16H13Br2FN2O3. The highest BCUT2D eigenvalue weighted by Crippen LogP contribution is 2.32. The van der Waals surface area contributed by atoms with E-state index < -0.39 is 24.3 Å². The van der Waals surface area contributed by atoms with Gasteiger partial charge in [0.1, 0.15) is 5.82 Å². The number of amides is 1. The molecule has 8 heteroatoms. The van der Waals surface area contributed by atoms with Crippen molar-refractivity contribution >= 4 is 55.1 Å². The zero-order valence-electron chi connectivity index (χ0n) is 12.5. The molecule has 3 N–H and O–H groups in total. The van der Waals surface area contributed by atoms with Gasteiger partial charge in [0.2, 0.25) is 0 Å². The van der Waals surface area contributed by atoms with Gasteiger partial charge in [0.05, 0.1) is 11.3 Å². The van der Waals surface area contributed by atoms with E-state index in [1.165, 1.54) is 6.07 Å². The standard InChI is InChI=1S/C16H13Br2FN2O3/c1-8-4-11(17)15(12(18)5-8)21-14(22)7-24-16(23)10-3-2-9(19)6-13(10)20/h2-6H,7,20H2,1H3,(H,21,22). The van der Waals surface area contributed by atoms with Crippen LogP contribution in [0.4, 0.5) is 15.8 Å². The fourth-order valence-corrected chi connectivity index (χ4v) is 3.54. The quantitative estimate of drug-likeness (QED) is 0.534. The average Bonchev–Trinajstić information content (AvgIpc) is 2.48. The molecular weight excluding hydrogens is 447 g/mol. The van der Waals surface area contributed by atoms with Crippen molar-refractivity contribution in [3.8, 4) is 0 Å². The molecule has 0 bridgehead atoms. The molecule has 0 atom stereocenters. The van der Waals surface area contributed by atoms with Crippen molar-refractivity contribution in [2.75, 3.05) is 17.7 Å². The minimum atomic E-state index is -0.801. The summed E-state index contributed by atoms with van der Waals surface area (Å²) in [4.78, 5) is 23.8. The van der Waals surface area contributed by atoms with Gasteiger partial charge < -0.3 is 15.8 Å². The largest absolute Gasteiger partial charge is 0.452 e. The van der Waals surface area contributed by atoms with Crippen LogP contribution in [0.3, 0.4) is 0 Å². The summed E-state index contributed by atoms with van der Waals surface area (Å²) in [6, 6.07) is 6.99. The molecule has 1 amide bonds. The van der Waals surface area contributed by atoms with E-state index in [2.05, 4.69) is 37.2 Å². The number of rotatable bonds is 4. The van der Waals surface area contributed by atoms with Gasteiger partial charge in [0.25, 0.3) is 5.91 Å². The molecule has 5 nitrogen and oxygen atoms in total. The van der Waals surface area contributed by atoms with Gasteiger partial charge >= 0.3 is 5.97 Å². The van der Waals surface area contributed by atoms with Crippen molar-refractivity contribution in [2.24, 2.45) is 0 Å². The van der Waals surface area contributed by atoms with Gasteiger partial charge in [-0.25, -0.2) is 9.18 Å². The Bertz CT molecular complexity index is 789. The average molecular weight is 460 g/mol. The van der Waals surface area contributed by atoms with Crippen LogP contribution in [0.5, 0.6) is 0 Å². The number of benzene rings is 2. The molecule has 0 spiro atoms. The number of hydrogen-bond donors (Lipinski definition) is 2. The zero-order valence-corrected chi connectivity index (χ0v) is 15.7. The molecule has 2 aromatic carbocycles. The topological polar surface area (TPSA) is 81.4 Å². The van der Waals surface area contributed by atoms with E-state index in [0.717, 1.165) is 17.7 Å². The van der Waals surface area contributed by atoms with Gasteiger partial charge in [-0.2, -0.15) is 0 Å². The predicted octanol–water partition coefficient (Wildman–Crippen LogP) is 4.04. The molecule has 0 saturated carbocycles. The zero-order chi connectivity index (χ0) is 17.9. The van der Waals surface area contributed by atoms with Crippen LogP contribution in [-0.4, -0.2) is 18.5 Å². The van der Waals surface area contributed by atoms with Crippen LogP contribution in [0.15, 0.2) is 39.3 Å². The first-order valence-corrected chi connectivity index (χ1v) is 8.34. The van der Waals surface area contributed by atoms with Crippen molar-refractivity contribution in [3.05, 3.63) is 56.2 Å². The maximum absolute atomic E-state index is 13.0. The van der Waals surface area contributed by atoms with Gasteiger partial charge in [0.15, 0.2) is 6.61 Å². The number of carbonyl (C=O) groups is 2. The Kier molecular flexibility index (Phi) is 5.95. The first-order valence-electron chi connectivity index (χ1n) is 6.75. The number of carbonyl (C=O) groups excluding carboxylic acids is 2. The molecule has 0 unspecified atom stereocenters. The SMILES string of the molecule is Cc1cc(Br)c(NC(=O)COC(=O)c2ccc(F)cc2N)c(Br)c1. The second kappa shape index (κ2) is 7.76. The summed E-state index contributed by atoms with van der Waals surface area (Å²) in [7, 11) is 0. The van der Waals surface area contributed by atoms with E-state index in [9.17, 15) is 14.0 Å². The Morgan fingerprint density at radius 1 is 1.21 bits per heavy atom. The van der Waals surface area contributed by atoms with Crippen LogP contribution in [0.25, 0.3) is 0 Å². The highest BCUT2D eigenvalue weighted by atomic mass is 79.9. The fraction of sp³-hybridized carbons (Fsp3) is 0.125. The van der Waals surface area contributed by atoms with E-state index in [0.29, 0.717) is 14.6 Å². The van der Waals surface area contributed by atoms with E-state index >= 15 is 0 Å². The molecule has 0 saturated heterocycles. The Hall–Kier alpha value is -1.93. The van der Waals surface area contributed by atoms with Crippen molar-refractivity contribution in [1.29, 1.82) is 0 Å². The van der Waals surface area contributed by atoms with Gasteiger partial charge in [-0.05, 0) is 74.7 Å². The highest BCUT2D eigenvalue weighted by Gasteiger charge is 2.15. The molecule has 0 aromatic heterocycles. The summed E-state index contributed by atoms with van der Waals surface area (Å²) in [6.45, 7) is 1.42. The van der Waals surface area contributed by atoms with Crippen LogP contribution in [0, 0.1) is 12.7 Å². The Balaban J connectivity index is 2.00. The summed E-state index contributed by atoms with van der Waals surface area (Å²) in [5, 5.41) is 2.64. The van der Waals surface area contributed by atoms with Gasteiger partial charge in [-0.15, -0.1) is 0 Å². The first kappa shape index (κ1) is 18.4. The molecule has 24 heavy (non-hydrogen) atoms. The second-order valence-electron chi connectivity index (χ2n) is 4.96. The molecule has 0 radical (unpaired) electrons. The lowest BCUT2D eigenvalue weighted by Crippen LogP contribution is -2.21. The monoisotopic (exact) mass is 458 g/mol. The minimum absolute atomic E-state index is 0.00176. The van der Waals surface area contributed by atoms with Crippen molar-refractivity contribution in [3.63, 3.8) is 0 Å². The lowest BCUT2D eigenvalue weighted by atomic mass is 10.2. The number of esters is 1. The normalized spacial score (nSPS) is 10.3. The van der Waals surface area contributed by atoms with Gasteiger partial charge in [-0.1, -0.05) is 0 Å². The van der Waals surface area contributed by atoms with Crippen molar-refractivity contribution in [1.82, 2.24) is 0 Å². The van der Waals surface area contributed by atoms with E-state index in [1.807, 2.05) is 19.1 Å². The summed E-state index contributed by atoms with van der Waals surface area (Å²) < 4.78 is 19.3. The van der Waals surface area contributed by atoms with E-state index in [1.54, 1.807) is 0 Å².